The van der Waals surface area contributed by atoms with Crippen LogP contribution in [0.25, 0.3) is 0 Å². The van der Waals surface area contributed by atoms with Crippen LogP contribution >= 0.6 is 0 Å². The summed E-state index contributed by atoms with van der Waals surface area (Å²) in [6, 6.07) is 30.7. The first kappa shape index (κ1) is 17.4. The van der Waals surface area contributed by atoms with Gasteiger partial charge in [-0.05, 0) is 16.7 Å². The molecule has 5 rings (SSSR count). The van der Waals surface area contributed by atoms with Gasteiger partial charge >= 0.3 is 0 Å². The van der Waals surface area contributed by atoms with E-state index in [9.17, 15) is 0 Å². The van der Waals surface area contributed by atoms with E-state index in [0.29, 0.717) is 11.5 Å². The maximum Gasteiger partial charge on any atom is 0.180 e. The van der Waals surface area contributed by atoms with Crippen LogP contribution in [0.2, 0.25) is 0 Å². The lowest BCUT2D eigenvalue weighted by atomic mass is 9.60. The molecule has 5 heteroatoms. The monoisotopic (exact) mass is 377 g/mol. The molecule has 2 heterocycles. The number of rotatable bonds is 4. The number of amidine groups is 1. The number of benzene rings is 3. The van der Waals surface area contributed by atoms with Crippen LogP contribution in [0.1, 0.15) is 16.7 Å². The van der Waals surface area contributed by atoms with Crippen molar-refractivity contribution >= 4 is 24.2 Å². The number of hydrogen-bond acceptors (Lipinski definition) is 5. The van der Waals surface area contributed by atoms with Crippen molar-refractivity contribution in [3.8, 4) is 0 Å². The van der Waals surface area contributed by atoms with E-state index in [1.165, 1.54) is 12.7 Å². The first-order chi connectivity index (χ1) is 14.3. The fourth-order valence-electron chi connectivity index (χ4n) is 4.36. The molecule has 3 aromatic rings. The van der Waals surface area contributed by atoms with E-state index >= 15 is 0 Å². The van der Waals surface area contributed by atoms with Gasteiger partial charge in [0.25, 0.3) is 0 Å². The smallest absolute Gasteiger partial charge is 0.180 e. The Balaban J connectivity index is 1.92. The van der Waals surface area contributed by atoms with Gasteiger partial charge in [0.15, 0.2) is 11.5 Å². The minimum absolute atomic E-state index is 0.509. The van der Waals surface area contributed by atoms with Crippen molar-refractivity contribution in [3.05, 3.63) is 108 Å². The Labute approximate surface area is 169 Å². The molecule has 0 aromatic heterocycles. The Morgan fingerprint density at radius 3 is 1.59 bits per heavy atom. The molecule has 29 heavy (non-hydrogen) atoms. The van der Waals surface area contributed by atoms with Crippen LogP contribution in [0.4, 0.5) is 0 Å². The predicted molar refractivity (Wildman–Crippen MR) is 118 cm³/mol. The molecule has 0 spiro atoms. The third-order valence-corrected chi connectivity index (χ3v) is 5.57. The summed E-state index contributed by atoms with van der Waals surface area (Å²) in [4.78, 5) is 17.9. The van der Waals surface area contributed by atoms with E-state index < -0.39 is 11.1 Å². The van der Waals surface area contributed by atoms with Crippen molar-refractivity contribution in [3.63, 3.8) is 0 Å². The van der Waals surface area contributed by atoms with Gasteiger partial charge < -0.3 is 5.73 Å². The third kappa shape index (κ3) is 2.45. The van der Waals surface area contributed by atoms with Crippen LogP contribution in [-0.4, -0.2) is 29.9 Å². The zero-order chi connectivity index (χ0) is 19.7. The molecule has 3 aromatic carbocycles. The number of aliphatic imine (C=N–C) groups is 4. The summed E-state index contributed by atoms with van der Waals surface area (Å²) in [5, 5.41) is 0. The van der Waals surface area contributed by atoms with E-state index in [-0.39, 0.29) is 0 Å². The van der Waals surface area contributed by atoms with E-state index in [1.54, 1.807) is 0 Å². The lowest BCUT2D eigenvalue weighted by Crippen LogP contribution is -2.65. The molecule has 0 radical (unpaired) electrons. The molecule has 0 saturated heterocycles. The fourth-order valence-corrected chi connectivity index (χ4v) is 4.36. The number of nitrogens with two attached hydrogens (primary N) is 1. The molecule has 0 bridgehead atoms. The molecule has 0 aliphatic carbocycles. The molecular formula is C24H19N5. The van der Waals surface area contributed by atoms with Gasteiger partial charge in [-0.2, -0.15) is 0 Å². The van der Waals surface area contributed by atoms with Crippen molar-refractivity contribution in [2.24, 2.45) is 25.7 Å². The number of fused-ring (bicyclic) bond motifs is 1. The lowest BCUT2D eigenvalue weighted by molar-refractivity contribution is 0.416. The van der Waals surface area contributed by atoms with Gasteiger partial charge in [-0.15, -0.1) is 0 Å². The van der Waals surface area contributed by atoms with Gasteiger partial charge in [0, 0.05) is 0 Å². The second-order valence-corrected chi connectivity index (χ2v) is 7.03. The van der Waals surface area contributed by atoms with Crippen molar-refractivity contribution in [1.82, 2.24) is 0 Å². The summed E-state index contributed by atoms with van der Waals surface area (Å²) < 4.78 is 0. The molecule has 1 atom stereocenters. The maximum atomic E-state index is 7.23. The van der Waals surface area contributed by atoms with E-state index in [1.807, 2.05) is 54.6 Å². The minimum Gasteiger partial charge on any atom is -0.301 e. The highest BCUT2D eigenvalue weighted by molar-refractivity contribution is 6.51. The van der Waals surface area contributed by atoms with Gasteiger partial charge in [0.1, 0.15) is 18.4 Å². The normalized spacial score (nSPS) is 20.2. The van der Waals surface area contributed by atoms with Crippen molar-refractivity contribution in [1.29, 1.82) is 0 Å². The highest BCUT2D eigenvalue weighted by Crippen LogP contribution is 2.48. The molecule has 0 fully saturated rings. The first-order valence-corrected chi connectivity index (χ1v) is 9.45. The minimum atomic E-state index is -1.23. The van der Waals surface area contributed by atoms with Crippen LogP contribution < -0.4 is 5.73 Å². The molecule has 0 amide bonds. The standard InChI is InChI=1S/C24H19N5/c25-24(21-22(27-16-26-21)28-17-29-24)23(18-10-4-1-5-11-18,19-12-6-2-7-13-19)20-14-8-3-9-15-20/h1-17H,25H2. The summed E-state index contributed by atoms with van der Waals surface area (Å²) in [6.45, 7) is 0. The van der Waals surface area contributed by atoms with Crippen molar-refractivity contribution in [2.75, 3.05) is 0 Å². The summed E-state index contributed by atoms with van der Waals surface area (Å²) >= 11 is 0. The van der Waals surface area contributed by atoms with Gasteiger partial charge in [0.2, 0.25) is 0 Å². The molecule has 1 unspecified atom stereocenters. The summed E-state index contributed by atoms with van der Waals surface area (Å²) in [5.41, 5.74) is 8.80. The highest BCUT2D eigenvalue weighted by Gasteiger charge is 2.58. The molecular weight excluding hydrogens is 358 g/mol. The predicted octanol–water partition coefficient (Wildman–Crippen LogP) is 3.60. The van der Waals surface area contributed by atoms with Gasteiger partial charge in [-0.25, -0.2) is 20.0 Å². The largest absolute Gasteiger partial charge is 0.301 e. The zero-order valence-electron chi connectivity index (χ0n) is 15.7. The van der Waals surface area contributed by atoms with Gasteiger partial charge in [-0.3, -0.25) is 0 Å². The van der Waals surface area contributed by atoms with Crippen LogP contribution in [0.5, 0.6) is 0 Å². The summed E-state index contributed by atoms with van der Waals surface area (Å²) in [7, 11) is 0. The Morgan fingerprint density at radius 2 is 1.10 bits per heavy atom. The molecule has 140 valence electrons. The van der Waals surface area contributed by atoms with Crippen molar-refractivity contribution in [2.45, 2.75) is 11.1 Å². The molecule has 2 N–H and O–H groups in total. The Kier molecular flexibility index (Phi) is 4.03. The van der Waals surface area contributed by atoms with Crippen LogP contribution in [0.15, 0.2) is 111 Å². The molecule has 2 aliphatic rings. The average Bonchev–Trinajstić information content (AvgIpc) is 3.27. The quantitative estimate of drug-likeness (QED) is 0.693. The Morgan fingerprint density at radius 1 is 0.621 bits per heavy atom. The average molecular weight is 377 g/mol. The van der Waals surface area contributed by atoms with Gasteiger partial charge in [0.05, 0.1) is 5.41 Å². The zero-order valence-corrected chi connectivity index (χ0v) is 15.7. The molecule has 5 nitrogen and oxygen atoms in total. The number of nitrogens with zero attached hydrogens (tertiary/aromatic N) is 4. The van der Waals surface area contributed by atoms with E-state index in [2.05, 4.69) is 51.4 Å². The van der Waals surface area contributed by atoms with E-state index in [4.69, 9.17) is 10.7 Å². The highest BCUT2D eigenvalue weighted by atomic mass is 15.2. The lowest BCUT2D eigenvalue weighted by Gasteiger charge is -2.47. The maximum absolute atomic E-state index is 7.23. The molecule has 0 saturated carbocycles. The van der Waals surface area contributed by atoms with Crippen molar-refractivity contribution < 1.29 is 0 Å². The number of hydrogen-bond donors (Lipinski definition) is 1. The van der Waals surface area contributed by atoms with Crippen LogP contribution in [0.3, 0.4) is 0 Å². The van der Waals surface area contributed by atoms with E-state index in [0.717, 1.165) is 16.7 Å². The van der Waals surface area contributed by atoms with Crippen LogP contribution in [-0.2, 0) is 5.41 Å². The van der Waals surface area contributed by atoms with Crippen LogP contribution in [0, 0.1) is 0 Å². The SMILES string of the molecule is NC1(C(c2ccccc2)(c2ccccc2)c2ccccc2)N=CN=C2N=CN=C21. The summed E-state index contributed by atoms with van der Waals surface area (Å²) in [5.74, 6) is 0.509. The Bertz CT molecular complexity index is 1050. The topological polar surface area (TPSA) is 75.5 Å². The first-order valence-electron chi connectivity index (χ1n) is 9.45. The second-order valence-electron chi connectivity index (χ2n) is 7.03. The summed E-state index contributed by atoms with van der Waals surface area (Å²) in [6.07, 6.45) is 3.00. The fraction of sp³-hybridized carbons (Fsp3) is 0.0833. The second kappa shape index (κ2) is 6.72. The Hall–Kier alpha value is -3.70. The van der Waals surface area contributed by atoms with Gasteiger partial charge in [-0.1, -0.05) is 91.0 Å². The molecule has 2 aliphatic heterocycles. The third-order valence-electron chi connectivity index (χ3n) is 5.57.